The summed E-state index contributed by atoms with van der Waals surface area (Å²) in [5, 5.41) is 4.66. The van der Waals surface area contributed by atoms with E-state index in [4.69, 9.17) is 4.74 Å². The molecule has 2 N–H and O–H groups in total. The number of amides is 3. The van der Waals surface area contributed by atoms with Crippen molar-refractivity contribution in [1.29, 1.82) is 0 Å². The first-order valence-corrected chi connectivity index (χ1v) is 8.46. The minimum Gasteiger partial charge on any atom is -0.465 e. The Kier molecular flexibility index (Phi) is 8.19. The van der Waals surface area contributed by atoms with Crippen LogP contribution in [0.5, 0.6) is 0 Å². The Hall–Kier alpha value is -1.24. The van der Waals surface area contributed by atoms with Crippen LogP contribution in [0.15, 0.2) is 0 Å². The summed E-state index contributed by atoms with van der Waals surface area (Å²) in [5.41, 5.74) is 0. The number of thioether (sulfide) groups is 1. The van der Waals surface area contributed by atoms with Crippen LogP contribution in [0.1, 0.15) is 46.0 Å². The topological polar surface area (TPSA) is 84.5 Å². The largest absolute Gasteiger partial charge is 0.465 e. The summed E-state index contributed by atoms with van der Waals surface area (Å²) < 4.78 is 4.78. The molecule has 0 aromatic rings. The average molecular weight is 316 g/mol. The van der Waals surface area contributed by atoms with Gasteiger partial charge in [-0.15, -0.1) is 11.8 Å². The molecule has 1 aliphatic rings. The van der Waals surface area contributed by atoms with Crippen LogP contribution >= 0.6 is 11.8 Å². The Bertz CT molecular complexity index is 370. The molecule has 7 heteroatoms. The van der Waals surface area contributed by atoms with Gasteiger partial charge < -0.3 is 10.1 Å². The number of carbonyl (C=O) groups excluding carboxylic acids is 3. The summed E-state index contributed by atoms with van der Waals surface area (Å²) >= 11 is 1.15. The standard InChI is InChI=1S/C14H24N2O4S/c1-3-20-12(17)9-21-10(2)13(18)16-14(19)15-11-7-5-4-6-8-11/h10-11H,3-9H2,1-2H3,(H2,15,16,18,19)/t10-/m1/s1. The summed E-state index contributed by atoms with van der Waals surface area (Å²) in [6, 6.07) is -0.287. The Morgan fingerprint density at radius 3 is 2.52 bits per heavy atom. The monoisotopic (exact) mass is 316 g/mol. The molecule has 1 rings (SSSR count). The first-order chi connectivity index (χ1) is 10.0. The van der Waals surface area contributed by atoms with Crippen LogP contribution in [-0.4, -0.2) is 41.6 Å². The summed E-state index contributed by atoms with van der Waals surface area (Å²) in [6.07, 6.45) is 5.37. The van der Waals surface area contributed by atoms with Gasteiger partial charge in [0.15, 0.2) is 0 Å². The number of carbonyl (C=O) groups is 3. The van der Waals surface area contributed by atoms with E-state index in [0.717, 1.165) is 37.4 Å². The predicted octanol–water partition coefficient (Wildman–Crippen LogP) is 1.83. The fourth-order valence-corrected chi connectivity index (χ4v) is 2.83. The second-order valence-electron chi connectivity index (χ2n) is 5.06. The molecule has 1 atom stereocenters. The Morgan fingerprint density at radius 1 is 1.24 bits per heavy atom. The van der Waals surface area contributed by atoms with Crippen molar-refractivity contribution < 1.29 is 19.1 Å². The Labute approximate surface area is 129 Å². The smallest absolute Gasteiger partial charge is 0.321 e. The van der Waals surface area contributed by atoms with Crippen LogP contribution in [0.2, 0.25) is 0 Å². The summed E-state index contributed by atoms with van der Waals surface area (Å²) in [4.78, 5) is 34.7. The fraction of sp³-hybridized carbons (Fsp3) is 0.786. The van der Waals surface area contributed by atoms with Crippen molar-refractivity contribution in [3.05, 3.63) is 0 Å². The molecule has 0 aliphatic heterocycles. The number of esters is 1. The highest BCUT2D eigenvalue weighted by Crippen LogP contribution is 2.17. The molecule has 1 aliphatic carbocycles. The molecule has 0 radical (unpaired) electrons. The van der Waals surface area contributed by atoms with E-state index in [0.29, 0.717) is 6.61 Å². The molecular weight excluding hydrogens is 292 g/mol. The molecular formula is C14H24N2O4S. The summed E-state index contributed by atoms with van der Waals surface area (Å²) in [7, 11) is 0. The van der Waals surface area contributed by atoms with Crippen molar-refractivity contribution in [2.75, 3.05) is 12.4 Å². The molecule has 6 nitrogen and oxygen atoms in total. The molecule has 0 spiro atoms. The summed E-state index contributed by atoms with van der Waals surface area (Å²) in [6.45, 7) is 3.71. The van der Waals surface area contributed by atoms with Gasteiger partial charge in [0.25, 0.3) is 0 Å². The van der Waals surface area contributed by atoms with Crippen LogP contribution in [0.4, 0.5) is 4.79 Å². The van der Waals surface area contributed by atoms with Gasteiger partial charge in [0, 0.05) is 6.04 Å². The van der Waals surface area contributed by atoms with Gasteiger partial charge in [0.2, 0.25) is 5.91 Å². The van der Waals surface area contributed by atoms with Crippen LogP contribution < -0.4 is 10.6 Å². The zero-order valence-corrected chi connectivity index (χ0v) is 13.5. The quantitative estimate of drug-likeness (QED) is 0.730. The third-order valence-electron chi connectivity index (χ3n) is 3.30. The number of hydrogen-bond donors (Lipinski definition) is 2. The average Bonchev–Trinajstić information content (AvgIpc) is 2.45. The van der Waals surface area contributed by atoms with E-state index in [1.165, 1.54) is 6.42 Å². The highest BCUT2D eigenvalue weighted by atomic mass is 32.2. The third kappa shape index (κ3) is 7.36. The molecule has 0 heterocycles. The van der Waals surface area contributed by atoms with Crippen molar-refractivity contribution >= 4 is 29.7 Å². The van der Waals surface area contributed by atoms with Crippen molar-refractivity contribution in [1.82, 2.24) is 10.6 Å². The molecule has 21 heavy (non-hydrogen) atoms. The minimum atomic E-state index is -0.480. The number of hydrogen-bond acceptors (Lipinski definition) is 5. The van der Waals surface area contributed by atoms with Gasteiger partial charge in [-0.05, 0) is 26.7 Å². The van der Waals surface area contributed by atoms with E-state index in [1.54, 1.807) is 13.8 Å². The van der Waals surface area contributed by atoms with Gasteiger partial charge >= 0.3 is 12.0 Å². The first-order valence-electron chi connectivity index (χ1n) is 7.41. The van der Waals surface area contributed by atoms with Gasteiger partial charge in [0.1, 0.15) is 0 Å². The molecule has 0 unspecified atom stereocenters. The molecule has 0 saturated heterocycles. The molecule has 0 aromatic carbocycles. The second kappa shape index (κ2) is 9.65. The maximum Gasteiger partial charge on any atom is 0.321 e. The van der Waals surface area contributed by atoms with Crippen LogP contribution in [-0.2, 0) is 14.3 Å². The van der Waals surface area contributed by atoms with E-state index < -0.39 is 17.2 Å². The van der Waals surface area contributed by atoms with Gasteiger partial charge in [-0.3, -0.25) is 14.9 Å². The van der Waals surface area contributed by atoms with E-state index in [2.05, 4.69) is 10.6 Å². The highest BCUT2D eigenvalue weighted by Gasteiger charge is 2.20. The lowest BCUT2D eigenvalue weighted by molar-refractivity contribution is -0.139. The lowest BCUT2D eigenvalue weighted by Crippen LogP contribution is -2.47. The van der Waals surface area contributed by atoms with Crippen molar-refractivity contribution in [3.8, 4) is 0 Å². The van der Waals surface area contributed by atoms with E-state index >= 15 is 0 Å². The lowest BCUT2D eigenvalue weighted by atomic mass is 9.96. The van der Waals surface area contributed by atoms with Gasteiger partial charge in [-0.25, -0.2) is 4.79 Å². The van der Waals surface area contributed by atoms with Crippen molar-refractivity contribution in [2.24, 2.45) is 0 Å². The zero-order chi connectivity index (χ0) is 15.7. The molecule has 1 saturated carbocycles. The summed E-state index contributed by atoms with van der Waals surface area (Å²) in [5.74, 6) is -0.640. The number of nitrogens with one attached hydrogen (secondary N) is 2. The van der Waals surface area contributed by atoms with Crippen molar-refractivity contribution in [2.45, 2.75) is 57.2 Å². The van der Waals surface area contributed by atoms with E-state index in [-0.39, 0.29) is 17.8 Å². The lowest BCUT2D eigenvalue weighted by Gasteiger charge is -2.23. The van der Waals surface area contributed by atoms with Crippen LogP contribution in [0.3, 0.4) is 0 Å². The number of ether oxygens (including phenoxy) is 1. The Balaban J connectivity index is 2.24. The predicted molar refractivity (Wildman–Crippen MR) is 82.1 cm³/mol. The number of imide groups is 1. The molecule has 120 valence electrons. The highest BCUT2D eigenvalue weighted by molar-refractivity contribution is 8.01. The maximum atomic E-state index is 11.8. The van der Waals surface area contributed by atoms with E-state index in [9.17, 15) is 14.4 Å². The van der Waals surface area contributed by atoms with Crippen molar-refractivity contribution in [3.63, 3.8) is 0 Å². The van der Waals surface area contributed by atoms with Gasteiger partial charge in [0.05, 0.1) is 17.6 Å². The van der Waals surface area contributed by atoms with Gasteiger partial charge in [-0.2, -0.15) is 0 Å². The fourth-order valence-electron chi connectivity index (χ4n) is 2.15. The number of urea groups is 1. The second-order valence-corrected chi connectivity index (χ2v) is 6.39. The first kappa shape index (κ1) is 17.8. The third-order valence-corrected chi connectivity index (χ3v) is 4.42. The maximum absolute atomic E-state index is 11.8. The zero-order valence-electron chi connectivity index (χ0n) is 12.6. The minimum absolute atomic E-state index is 0.104. The van der Waals surface area contributed by atoms with Crippen LogP contribution in [0.25, 0.3) is 0 Å². The molecule has 3 amide bonds. The van der Waals surface area contributed by atoms with Crippen LogP contribution in [0, 0.1) is 0 Å². The number of rotatable bonds is 6. The van der Waals surface area contributed by atoms with E-state index in [1.807, 2.05) is 0 Å². The molecule has 1 fully saturated rings. The molecule has 0 aromatic heterocycles. The van der Waals surface area contributed by atoms with Gasteiger partial charge in [-0.1, -0.05) is 19.3 Å². The normalized spacial score (nSPS) is 16.9. The molecule has 0 bridgehead atoms. The Morgan fingerprint density at radius 2 is 1.90 bits per heavy atom. The SMILES string of the molecule is CCOC(=O)CS[C@H](C)C(=O)NC(=O)NC1CCCCC1.